The molecule has 1 fully saturated rings. The summed E-state index contributed by atoms with van der Waals surface area (Å²) in [6, 6.07) is 11.5. The van der Waals surface area contributed by atoms with E-state index in [1.165, 1.54) is 34.4 Å². The second kappa shape index (κ2) is 9.96. The topological polar surface area (TPSA) is 53.5 Å². The maximum absolute atomic E-state index is 12.7. The zero-order valence-corrected chi connectivity index (χ0v) is 19.3. The first-order valence-corrected chi connectivity index (χ1v) is 12.6. The lowest BCUT2D eigenvalue weighted by Gasteiger charge is -2.36. The molecule has 2 aromatic heterocycles. The molecule has 156 valence electrons. The number of carbonyl (C=O) groups excluding carboxylic acids is 2. The summed E-state index contributed by atoms with van der Waals surface area (Å²) in [4.78, 5) is 34.3. The fourth-order valence-electron chi connectivity index (χ4n) is 3.20. The number of thiazole rings is 1. The number of hydrogen-bond acceptors (Lipinski definition) is 7. The van der Waals surface area contributed by atoms with E-state index in [2.05, 4.69) is 9.88 Å². The third-order valence-electron chi connectivity index (χ3n) is 4.81. The quantitative estimate of drug-likeness (QED) is 0.364. The molecule has 3 heterocycles. The number of benzene rings is 1. The van der Waals surface area contributed by atoms with Gasteiger partial charge in [0, 0.05) is 42.3 Å². The number of aromatic nitrogens is 1. The largest absolute Gasteiger partial charge is 0.368 e. The van der Waals surface area contributed by atoms with E-state index in [0.717, 1.165) is 38.7 Å². The van der Waals surface area contributed by atoms with Gasteiger partial charge in [0.25, 0.3) is 0 Å². The minimum atomic E-state index is 0.0993. The predicted octanol–water partition coefficient (Wildman–Crippen LogP) is 4.72. The number of rotatable bonds is 7. The first kappa shape index (κ1) is 21.4. The lowest BCUT2D eigenvalue weighted by molar-refractivity contribution is -0.130. The van der Waals surface area contributed by atoms with Crippen molar-refractivity contribution in [2.75, 3.05) is 36.8 Å². The van der Waals surface area contributed by atoms with Gasteiger partial charge in [-0.2, -0.15) is 0 Å². The Hall–Kier alpha value is -1.87. The van der Waals surface area contributed by atoms with E-state index in [4.69, 9.17) is 11.6 Å². The lowest BCUT2D eigenvalue weighted by atomic mass is 10.2. The third-order valence-corrected chi connectivity index (χ3v) is 8.04. The molecule has 0 N–H and O–H groups in total. The van der Waals surface area contributed by atoms with Crippen molar-refractivity contribution < 1.29 is 9.59 Å². The number of nitrogens with zero attached hydrogens (tertiary/aromatic N) is 3. The summed E-state index contributed by atoms with van der Waals surface area (Å²) in [6.07, 6.45) is 0.302. The molecule has 0 radical (unpaired) electrons. The Morgan fingerprint density at radius 2 is 1.83 bits per heavy atom. The van der Waals surface area contributed by atoms with Crippen LogP contribution in [-0.2, 0) is 11.2 Å². The maximum Gasteiger partial charge on any atom is 0.228 e. The molecule has 0 saturated carbocycles. The Kier molecular flexibility index (Phi) is 7.09. The average Bonchev–Trinajstić information content (AvgIpc) is 3.45. The highest BCUT2D eigenvalue weighted by molar-refractivity contribution is 8.01. The second-order valence-electron chi connectivity index (χ2n) is 6.81. The summed E-state index contributed by atoms with van der Waals surface area (Å²) in [5.41, 5.74) is 1.90. The fourth-order valence-corrected chi connectivity index (χ4v) is 5.81. The SMILES string of the molecule is O=C(CSc1nc(CC(=O)N2CCN(c3ccc(Cl)cc3)CC2)cs1)c1cccs1. The van der Waals surface area contributed by atoms with Gasteiger partial charge in [-0.1, -0.05) is 29.4 Å². The zero-order chi connectivity index (χ0) is 20.9. The van der Waals surface area contributed by atoms with Crippen LogP contribution in [0.25, 0.3) is 0 Å². The van der Waals surface area contributed by atoms with Crippen LogP contribution in [0.4, 0.5) is 5.69 Å². The Balaban J connectivity index is 1.24. The summed E-state index contributed by atoms with van der Waals surface area (Å²) in [7, 11) is 0. The van der Waals surface area contributed by atoms with Gasteiger partial charge in [-0.05, 0) is 35.7 Å². The lowest BCUT2D eigenvalue weighted by Crippen LogP contribution is -2.49. The molecule has 1 amide bonds. The van der Waals surface area contributed by atoms with Gasteiger partial charge in [-0.3, -0.25) is 9.59 Å². The number of thiophene rings is 1. The molecule has 0 atom stereocenters. The molecule has 9 heteroatoms. The number of piperazine rings is 1. The summed E-state index contributed by atoms with van der Waals surface area (Å²) in [5, 5.41) is 4.55. The minimum absolute atomic E-state index is 0.0993. The zero-order valence-electron chi connectivity index (χ0n) is 16.1. The van der Waals surface area contributed by atoms with E-state index < -0.39 is 0 Å². The third kappa shape index (κ3) is 5.43. The highest BCUT2D eigenvalue weighted by Crippen LogP contribution is 2.25. The van der Waals surface area contributed by atoms with E-state index >= 15 is 0 Å². The predicted molar refractivity (Wildman–Crippen MR) is 125 cm³/mol. The van der Waals surface area contributed by atoms with Crippen LogP contribution in [-0.4, -0.2) is 53.5 Å². The molecule has 5 nitrogen and oxygen atoms in total. The van der Waals surface area contributed by atoms with Crippen molar-refractivity contribution in [1.82, 2.24) is 9.88 Å². The Morgan fingerprint density at radius 3 is 2.53 bits per heavy atom. The summed E-state index contributed by atoms with van der Waals surface area (Å²) >= 11 is 10.3. The Bertz CT molecular complexity index is 997. The van der Waals surface area contributed by atoms with Gasteiger partial charge in [0.1, 0.15) is 0 Å². The van der Waals surface area contributed by atoms with Crippen LogP contribution in [0.15, 0.2) is 51.5 Å². The second-order valence-corrected chi connectivity index (χ2v) is 10.3. The number of hydrogen-bond donors (Lipinski definition) is 0. The number of thioether (sulfide) groups is 1. The fraction of sp³-hybridized carbons (Fsp3) is 0.286. The Labute approximate surface area is 192 Å². The number of carbonyl (C=O) groups is 2. The van der Waals surface area contributed by atoms with Crippen LogP contribution in [0, 0.1) is 0 Å². The van der Waals surface area contributed by atoms with Crippen LogP contribution in [0.3, 0.4) is 0 Å². The van der Waals surface area contributed by atoms with Gasteiger partial charge in [0.15, 0.2) is 10.1 Å². The molecule has 0 unspecified atom stereocenters. The van der Waals surface area contributed by atoms with Crippen molar-refractivity contribution in [3.05, 3.63) is 62.8 Å². The summed E-state index contributed by atoms with van der Waals surface area (Å²) in [6.45, 7) is 3.00. The van der Waals surface area contributed by atoms with Crippen LogP contribution in [0.5, 0.6) is 0 Å². The van der Waals surface area contributed by atoms with Crippen molar-refractivity contribution >= 4 is 63.4 Å². The highest BCUT2D eigenvalue weighted by Gasteiger charge is 2.22. The van der Waals surface area contributed by atoms with E-state index in [0.29, 0.717) is 25.3 Å². The van der Waals surface area contributed by atoms with Crippen LogP contribution in [0.2, 0.25) is 5.02 Å². The van der Waals surface area contributed by atoms with Crippen LogP contribution >= 0.6 is 46.0 Å². The molecule has 0 bridgehead atoms. The van der Waals surface area contributed by atoms with Gasteiger partial charge >= 0.3 is 0 Å². The standard InChI is InChI=1S/C21H20ClN3O2S3/c22-15-3-5-17(6-4-15)24-7-9-25(10-8-24)20(27)12-16-13-29-21(23-16)30-14-18(26)19-2-1-11-28-19/h1-6,11,13H,7-10,12,14H2. The summed E-state index contributed by atoms with van der Waals surface area (Å²) < 4.78 is 0.829. The number of amides is 1. The van der Waals surface area contributed by atoms with Crippen molar-refractivity contribution in [1.29, 1.82) is 0 Å². The van der Waals surface area contributed by atoms with Gasteiger partial charge in [-0.15, -0.1) is 22.7 Å². The van der Waals surface area contributed by atoms with E-state index in [-0.39, 0.29) is 11.7 Å². The normalized spacial score (nSPS) is 14.2. The minimum Gasteiger partial charge on any atom is -0.368 e. The first-order chi connectivity index (χ1) is 14.6. The first-order valence-electron chi connectivity index (χ1n) is 9.51. The summed E-state index contributed by atoms with van der Waals surface area (Å²) in [5.74, 6) is 0.581. The van der Waals surface area contributed by atoms with Crippen molar-refractivity contribution in [2.24, 2.45) is 0 Å². The van der Waals surface area contributed by atoms with Gasteiger partial charge < -0.3 is 9.80 Å². The maximum atomic E-state index is 12.7. The molecule has 30 heavy (non-hydrogen) atoms. The van der Waals surface area contributed by atoms with Gasteiger partial charge in [-0.25, -0.2) is 4.98 Å². The van der Waals surface area contributed by atoms with Crippen LogP contribution in [0.1, 0.15) is 15.4 Å². The number of halogens is 1. The molecule has 4 rings (SSSR count). The van der Waals surface area contributed by atoms with Crippen molar-refractivity contribution in [2.45, 2.75) is 10.8 Å². The molecule has 0 aliphatic carbocycles. The highest BCUT2D eigenvalue weighted by atomic mass is 35.5. The molecule has 1 saturated heterocycles. The van der Waals surface area contributed by atoms with Gasteiger partial charge in [0.05, 0.1) is 22.7 Å². The number of anilines is 1. The molecular formula is C21H20ClN3O2S3. The van der Waals surface area contributed by atoms with E-state index in [1.807, 2.05) is 52.1 Å². The molecule has 0 spiro atoms. The van der Waals surface area contributed by atoms with Crippen molar-refractivity contribution in [3.63, 3.8) is 0 Å². The molecule has 1 aromatic carbocycles. The Morgan fingerprint density at radius 1 is 1.07 bits per heavy atom. The molecule has 1 aliphatic heterocycles. The van der Waals surface area contributed by atoms with E-state index in [1.54, 1.807) is 0 Å². The van der Waals surface area contributed by atoms with Crippen molar-refractivity contribution in [3.8, 4) is 0 Å². The average molecular weight is 478 g/mol. The number of Topliss-reactive ketones (excluding diaryl/α,β-unsaturated/α-hetero) is 1. The molecule has 3 aromatic rings. The van der Waals surface area contributed by atoms with Crippen LogP contribution < -0.4 is 4.90 Å². The molecule has 1 aliphatic rings. The van der Waals surface area contributed by atoms with Gasteiger partial charge in [0.2, 0.25) is 5.91 Å². The van der Waals surface area contributed by atoms with E-state index in [9.17, 15) is 9.59 Å². The number of ketones is 1. The smallest absolute Gasteiger partial charge is 0.228 e. The molecular weight excluding hydrogens is 458 g/mol. The monoisotopic (exact) mass is 477 g/mol.